The number of carbonyl (C=O) groups excluding carboxylic acids is 1. The molecule has 6 nitrogen and oxygen atoms in total. The van der Waals surface area contributed by atoms with Gasteiger partial charge in [-0.25, -0.2) is 8.42 Å². The van der Waals surface area contributed by atoms with Gasteiger partial charge in [0.2, 0.25) is 0 Å². The third-order valence-corrected chi connectivity index (χ3v) is 6.99. The van der Waals surface area contributed by atoms with E-state index in [0.29, 0.717) is 25.1 Å². The van der Waals surface area contributed by atoms with Crippen LogP contribution in [-0.4, -0.2) is 32.4 Å². The van der Waals surface area contributed by atoms with Crippen LogP contribution in [0, 0.1) is 0 Å². The fraction of sp³-hybridized carbons (Fsp3) is 0.217. The highest BCUT2D eigenvalue weighted by molar-refractivity contribution is 7.92. The summed E-state index contributed by atoms with van der Waals surface area (Å²) in [6.45, 7) is 0.912. The second kappa shape index (κ2) is 8.67. The van der Waals surface area contributed by atoms with Gasteiger partial charge < -0.3 is 5.32 Å². The summed E-state index contributed by atoms with van der Waals surface area (Å²) in [6.07, 6.45) is 4.01. The standard InChI is InChI=1S/C23H23N3O3S/c27-23(25-16-14-20-8-3-4-15-24-20)19-10-12-21(13-11-19)30(28,29)26-17-5-7-18-6-1-2-9-22(18)26/h1-4,6,8-13,15H,5,7,14,16-17H2,(H,25,27). The molecule has 30 heavy (non-hydrogen) atoms. The van der Waals surface area contributed by atoms with Crippen LogP contribution in [0.1, 0.15) is 28.0 Å². The summed E-state index contributed by atoms with van der Waals surface area (Å²) < 4.78 is 27.8. The molecule has 3 aromatic rings. The predicted octanol–water partition coefficient (Wildman–Crippen LogP) is 3.20. The smallest absolute Gasteiger partial charge is 0.264 e. The molecule has 0 bridgehead atoms. The Morgan fingerprint density at radius 3 is 2.53 bits per heavy atom. The van der Waals surface area contributed by atoms with Crippen molar-refractivity contribution in [3.8, 4) is 0 Å². The van der Waals surface area contributed by atoms with Gasteiger partial charge in [-0.1, -0.05) is 24.3 Å². The Balaban J connectivity index is 1.45. The molecule has 1 aromatic heterocycles. The molecule has 0 unspecified atom stereocenters. The van der Waals surface area contributed by atoms with Gasteiger partial charge in [-0.3, -0.25) is 14.1 Å². The molecule has 0 spiro atoms. The molecule has 1 amide bonds. The molecule has 0 saturated carbocycles. The molecule has 2 aromatic carbocycles. The summed E-state index contributed by atoms with van der Waals surface area (Å²) in [5, 5.41) is 2.84. The first kappa shape index (κ1) is 20.1. The number of pyridine rings is 1. The summed E-state index contributed by atoms with van der Waals surface area (Å²) in [5.74, 6) is -0.238. The Morgan fingerprint density at radius 1 is 1.00 bits per heavy atom. The van der Waals surface area contributed by atoms with Crippen molar-refractivity contribution in [1.82, 2.24) is 10.3 Å². The number of hydrogen-bond acceptors (Lipinski definition) is 4. The van der Waals surface area contributed by atoms with Crippen LogP contribution in [0.3, 0.4) is 0 Å². The summed E-state index contributed by atoms with van der Waals surface area (Å²) in [7, 11) is -3.68. The van der Waals surface area contributed by atoms with Gasteiger partial charge in [0.05, 0.1) is 10.6 Å². The first-order valence-electron chi connectivity index (χ1n) is 9.94. The second-order valence-electron chi connectivity index (χ2n) is 7.16. The minimum absolute atomic E-state index is 0.184. The van der Waals surface area contributed by atoms with Gasteiger partial charge in [0.15, 0.2) is 0 Å². The molecule has 7 heteroatoms. The first-order chi connectivity index (χ1) is 14.6. The predicted molar refractivity (Wildman–Crippen MR) is 116 cm³/mol. The van der Waals surface area contributed by atoms with Gasteiger partial charge >= 0.3 is 0 Å². The maximum absolute atomic E-state index is 13.2. The molecule has 1 aliphatic heterocycles. The monoisotopic (exact) mass is 421 g/mol. The molecule has 2 heterocycles. The lowest BCUT2D eigenvalue weighted by Gasteiger charge is -2.30. The normalized spacial score (nSPS) is 13.5. The van der Waals surface area contributed by atoms with Crippen molar-refractivity contribution in [3.05, 3.63) is 89.7 Å². The van der Waals surface area contributed by atoms with Crippen LogP contribution in [-0.2, 0) is 22.9 Å². The van der Waals surface area contributed by atoms with E-state index in [2.05, 4.69) is 10.3 Å². The number of sulfonamides is 1. The fourth-order valence-electron chi connectivity index (χ4n) is 3.61. The minimum atomic E-state index is -3.68. The Morgan fingerprint density at radius 2 is 1.77 bits per heavy atom. The molecular formula is C23H23N3O3S. The van der Waals surface area contributed by atoms with E-state index in [9.17, 15) is 13.2 Å². The Labute approximate surface area is 176 Å². The second-order valence-corrected chi connectivity index (χ2v) is 9.02. The van der Waals surface area contributed by atoms with Crippen LogP contribution in [0.5, 0.6) is 0 Å². The third-order valence-electron chi connectivity index (χ3n) is 5.16. The average Bonchev–Trinajstić information content (AvgIpc) is 2.79. The van der Waals surface area contributed by atoms with E-state index in [1.54, 1.807) is 18.3 Å². The number of anilines is 1. The number of rotatable bonds is 6. The summed E-state index contributed by atoms with van der Waals surface area (Å²) >= 11 is 0. The summed E-state index contributed by atoms with van der Waals surface area (Å²) in [4.78, 5) is 16.8. The van der Waals surface area contributed by atoms with E-state index in [4.69, 9.17) is 0 Å². The third kappa shape index (κ3) is 4.21. The van der Waals surface area contributed by atoms with Crippen molar-refractivity contribution in [2.45, 2.75) is 24.2 Å². The highest BCUT2D eigenvalue weighted by Gasteiger charge is 2.28. The van der Waals surface area contributed by atoms with Gasteiger partial charge in [0.1, 0.15) is 0 Å². The SMILES string of the molecule is O=C(NCCc1ccccn1)c1ccc(S(=O)(=O)N2CCCc3ccccc32)cc1. The number of aromatic nitrogens is 1. The minimum Gasteiger partial charge on any atom is -0.352 e. The van der Waals surface area contributed by atoms with E-state index < -0.39 is 10.0 Å². The van der Waals surface area contributed by atoms with Crippen LogP contribution in [0.15, 0.2) is 77.8 Å². The number of fused-ring (bicyclic) bond motifs is 1. The number of amides is 1. The molecule has 0 aliphatic carbocycles. The lowest BCUT2D eigenvalue weighted by atomic mass is 10.0. The van der Waals surface area contributed by atoms with E-state index in [-0.39, 0.29) is 10.8 Å². The quantitative estimate of drug-likeness (QED) is 0.663. The van der Waals surface area contributed by atoms with Gasteiger partial charge in [0, 0.05) is 37.0 Å². The van der Waals surface area contributed by atoms with Crippen molar-refractivity contribution in [2.75, 3.05) is 17.4 Å². The molecule has 0 fully saturated rings. The lowest BCUT2D eigenvalue weighted by molar-refractivity contribution is 0.0954. The number of aryl methyl sites for hydroxylation is 1. The van der Waals surface area contributed by atoms with Crippen LogP contribution in [0.25, 0.3) is 0 Å². The van der Waals surface area contributed by atoms with Crippen LogP contribution in [0.2, 0.25) is 0 Å². The average molecular weight is 422 g/mol. The zero-order valence-corrected chi connectivity index (χ0v) is 17.3. The number of nitrogens with one attached hydrogen (secondary N) is 1. The maximum Gasteiger partial charge on any atom is 0.264 e. The largest absolute Gasteiger partial charge is 0.352 e. The van der Waals surface area contributed by atoms with Crippen molar-refractivity contribution >= 4 is 21.6 Å². The van der Waals surface area contributed by atoms with E-state index in [0.717, 1.165) is 29.8 Å². The number of hydrogen-bond donors (Lipinski definition) is 1. The van der Waals surface area contributed by atoms with Crippen LogP contribution < -0.4 is 9.62 Å². The molecule has 154 valence electrons. The highest BCUT2D eigenvalue weighted by atomic mass is 32.2. The summed E-state index contributed by atoms with van der Waals surface area (Å²) in [6, 6.07) is 19.4. The van der Waals surface area contributed by atoms with Crippen LogP contribution >= 0.6 is 0 Å². The topological polar surface area (TPSA) is 79.4 Å². The molecule has 0 atom stereocenters. The van der Waals surface area contributed by atoms with Gasteiger partial charge in [-0.05, 0) is 60.9 Å². The van der Waals surface area contributed by atoms with Gasteiger partial charge in [-0.15, -0.1) is 0 Å². The zero-order valence-electron chi connectivity index (χ0n) is 16.5. The Kier molecular flexibility index (Phi) is 5.81. The van der Waals surface area contributed by atoms with Crippen LogP contribution in [0.4, 0.5) is 5.69 Å². The summed E-state index contributed by atoms with van der Waals surface area (Å²) in [5.41, 5.74) is 3.10. The van der Waals surface area contributed by atoms with E-state index >= 15 is 0 Å². The van der Waals surface area contributed by atoms with Crippen molar-refractivity contribution in [1.29, 1.82) is 0 Å². The fourth-order valence-corrected chi connectivity index (χ4v) is 5.15. The maximum atomic E-state index is 13.2. The van der Waals surface area contributed by atoms with E-state index in [1.807, 2.05) is 42.5 Å². The number of nitrogens with zero attached hydrogens (tertiary/aromatic N) is 2. The van der Waals surface area contributed by atoms with Crippen molar-refractivity contribution in [3.63, 3.8) is 0 Å². The van der Waals surface area contributed by atoms with Crippen molar-refractivity contribution < 1.29 is 13.2 Å². The molecular weight excluding hydrogens is 398 g/mol. The number of para-hydroxylation sites is 1. The van der Waals surface area contributed by atoms with Gasteiger partial charge in [-0.2, -0.15) is 0 Å². The first-order valence-corrected chi connectivity index (χ1v) is 11.4. The Bertz CT molecular complexity index is 1130. The van der Waals surface area contributed by atoms with Crippen molar-refractivity contribution in [2.24, 2.45) is 0 Å². The molecule has 4 rings (SSSR count). The molecule has 0 radical (unpaired) electrons. The number of benzene rings is 2. The molecule has 1 aliphatic rings. The number of carbonyl (C=O) groups is 1. The molecule has 1 N–H and O–H groups in total. The Hall–Kier alpha value is -3.19. The van der Waals surface area contributed by atoms with E-state index in [1.165, 1.54) is 16.4 Å². The lowest BCUT2D eigenvalue weighted by Crippen LogP contribution is -2.35. The molecule has 0 saturated heterocycles. The van der Waals surface area contributed by atoms with Gasteiger partial charge in [0.25, 0.3) is 15.9 Å². The zero-order chi connectivity index (χ0) is 21.0. The highest BCUT2D eigenvalue weighted by Crippen LogP contribution is 2.31.